The molecule has 0 bridgehead atoms. The van der Waals surface area contributed by atoms with Gasteiger partial charge in [-0.05, 0) is 12.8 Å². The molecule has 0 saturated carbocycles. The first-order valence-electron chi connectivity index (χ1n) is 7.84. The molecule has 0 radical (unpaired) electrons. The minimum atomic E-state index is -3.34. The van der Waals surface area contributed by atoms with Gasteiger partial charge in [0.15, 0.2) is 0 Å². The van der Waals surface area contributed by atoms with Crippen molar-refractivity contribution in [3.8, 4) is 0 Å². The van der Waals surface area contributed by atoms with Gasteiger partial charge < -0.3 is 14.2 Å². The molecule has 0 aromatic rings. The third-order valence-electron chi connectivity index (χ3n) is 3.07. The van der Waals surface area contributed by atoms with E-state index >= 15 is 0 Å². The highest BCUT2D eigenvalue weighted by molar-refractivity contribution is 5.03. The van der Waals surface area contributed by atoms with Crippen molar-refractivity contribution in [2.24, 2.45) is 0 Å². The maximum absolute atomic E-state index is 13.1. The number of halogens is 6. The summed E-state index contributed by atoms with van der Waals surface area (Å²) in [5.74, 6) is -0.486. The van der Waals surface area contributed by atoms with Crippen LogP contribution in [0.25, 0.3) is 0 Å². The first kappa shape index (κ1) is 23.8. The van der Waals surface area contributed by atoms with E-state index in [1.807, 2.05) is 0 Å². The number of hydrogen-bond acceptors (Lipinski definition) is 3. The summed E-state index contributed by atoms with van der Waals surface area (Å²) < 4.78 is 89.6. The largest absolute Gasteiger partial charge is 0.462 e. The van der Waals surface area contributed by atoms with Crippen LogP contribution >= 0.6 is 0 Å². The van der Waals surface area contributed by atoms with E-state index in [1.165, 1.54) is 0 Å². The van der Waals surface area contributed by atoms with Gasteiger partial charge >= 0.3 is 0 Å². The van der Waals surface area contributed by atoms with Crippen molar-refractivity contribution in [2.45, 2.75) is 77.3 Å². The van der Waals surface area contributed by atoms with Crippen LogP contribution in [-0.4, -0.2) is 37.8 Å². The van der Waals surface area contributed by atoms with Gasteiger partial charge in [0.2, 0.25) is 0 Å². The van der Waals surface area contributed by atoms with E-state index < -0.39 is 37.8 Å². The quantitative estimate of drug-likeness (QED) is 0.294. The predicted molar refractivity (Wildman–Crippen MR) is 80.7 cm³/mol. The van der Waals surface area contributed by atoms with Crippen molar-refractivity contribution in [3.05, 3.63) is 24.7 Å². The predicted octanol–water partition coefficient (Wildman–Crippen LogP) is 5.52. The molecule has 0 aliphatic heterocycles. The molecule has 0 aliphatic carbocycles. The Hall–Kier alpha value is -1.22. The molecule has 0 N–H and O–H groups in total. The fraction of sp³-hybridized carbons (Fsp3) is 0.750. The van der Waals surface area contributed by atoms with Crippen LogP contribution < -0.4 is 0 Å². The van der Waals surface area contributed by atoms with E-state index in [1.54, 1.807) is 13.8 Å². The molecule has 0 fully saturated rings. The molecule has 0 aliphatic rings. The van der Waals surface area contributed by atoms with E-state index in [9.17, 15) is 26.3 Å². The zero-order valence-electron chi connectivity index (χ0n) is 14.2. The van der Waals surface area contributed by atoms with Crippen LogP contribution in [0.3, 0.4) is 0 Å². The summed E-state index contributed by atoms with van der Waals surface area (Å²) in [5, 5.41) is 0. The Balaban J connectivity index is 4.89. The van der Waals surface area contributed by atoms with Gasteiger partial charge in [-0.1, -0.05) is 39.8 Å². The van der Waals surface area contributed by atoms with Crippen molar-refractivity contribution in [2.75, 3.05) is 0 Å². The monoisotopic (exact) mass is 378 g/mol. The summed E-state index contributed by atoms with van der Waals surface area (Å²) in [6, 6.07) is 0. The lowest BCUT2D eigenvalue weighted by Crippen LogP contribution is -2.29. The summed E-state index contributed by atoms with van der Waals surface area (Å²) in [7, 11) is 0. The molecule has 148 valence electrons. The van der Waals surface area contributed by atoms with Gasteiger partial charge in [0, 0.05) is 0 Å². The van der Waals surface area contributed by atoms with Gasteiger partial charge in [-0.3, -0.25) is 0 Å². The molecule has 4 unspecified atom stereocenters. The van der Waals surface area contributed by atoms with Crippen LogP contribution in [-0.2, 0) is 14.2 Å². The van der Waals surface area contributed by atoms with Crippen molar-refractivity contribution in [1.29, 1.82) is 0 Å². The first-order valence-corrected chi connectivity index (χ1v) is 7.84. The maximum Gasteiger partial charge on any atom is 0.293 e. The number of hydrogen-bond donors (Lipinski definition) is 0. The second-order valence-electron chi connectivity index (χ2n) is 5.23. The second kappa shape index (κ2) is 12.2. The molecule has 0 heterocycles. The Labute approximate surface area is 143 Å². The van der Waals surface area contributed by atoms with E-state index in [2.05, 4.69) is 22.6 Å². The topological polar surface area (TPSA) is 27.7 Å². The molecule has 0 rings (SSSR count). The van der Waals surface area contributed by atoms with Crippen molar-refractivity contribution < 1.29 is 40.6 Å². The van der Waals surface area contributed by atoms with Gasteiger partial charge in [-0.15, -0.1) is 0 Å². The Morgan fingerprint density at radius 1 is 0.720 bits per heavy atom. The lowest BCUT2D eigenvalue weighted by molar-refractivity contribution is -0.166. The van der Waals surface area contributed by atoms with E-state index in [0.717, 1.165) is 0 Å². The molecule has 3 nitrogen and oxygen atoms in total. The third-order valence-corrected chi connectivity index (χ3v) is 3.07. The molecule has 25 heavy (non-hydrogen) atoms. The van der Waals surface area contributed by atoms with Gasteiger partial charge in [0.1, 0.15) is 23.7 Å². The van der Waals surface area contributed by atoms with Crippen LogP contribution in [0.1, 0.15) is 39.5 Å². The fourth-order valence-corrected chi connectivity index (χ4v) is 1.87. The fourth-order valence-electron chi connectivity index (χ4n) is 1.87. The molecule has 9 heteroatoms. The van der Waals surface area contributed by atoms with Crippen molar-refractivity contribution in [1.82, 2.24) is 0 Å². The Kier molecular flexibility index (Phi) is 11.6. The average molecular weight is 378 g/mol. The molecule has 0 saturated heterocycles. The molecular weight excluding hydrogens is 354 g/mol. The average Bonchev–Trinajstić information content (AvgIpc) is 2.53. The van der Waals surface area contributed by atoms with Crippen LogP contribution in [0.5, 0.6) is 0 Å². The van der Waals surface area contributed by atoms with Gasteiger partial charge in [-0.2, -0.15) is 0 Å². The van der Waals surface area contributed by atoms with E-state index in [0.29, 0.717) is 12.8 Å². The lowest BCUT2D eigenvalue weighted by Gasteiger charge is -2.26. The second-order valence-corrected chi connectivity index (χ2v) is 5.23. The molecule has 0 aromatic heterocycles. The normalized spacial score (nSPS) is 16.6. The summed E-state index contributed by atoms with van der Waals surface area (Å²) in [6.07, 6.45) is -13.6. The minimum absolute atomic E-state index is 0.126. The van der Waals surface area contributed by atoms with E-state index in [-0.39, 0.29) is 24.4 Å². The van der Waals surface area contributed by atoms with Gasteiger partial charge in [-0.25, -0.2) is 26.3 Å². The molecular formula is C16H24F6O3. The molecule has 0 amide bonds. The summed E-state index contributed by atoms with van der Waals surface area (Å²) in [5.41, 5.74) is 0. The highest BCUT2D eigenvalue weighted by Gasteiger charge is 2.29. The number of alkyl halides is 6. The van der Waals surface area contributed by atoms with Gasteiger partial charge in [0.25, 0.3) is 25.6 Å². The van der Waals surface area contributed by atoms with Crippen LogP contribution in [0.15, 0.2) is 24.7 Å². The Morgan fingerprint density at radius 2 is 1.04 bits per heavy atom. The number of rotatable bonds is 14. The molecule has 0 spiro atoms. The number of ether oxygens (including phenoxy) is 3. The first-order chi connectivity index (χ1) is 11.6. The summed E-state index contributed by atoms with van der Waals surface area (Å²) >= 11 is 0. The molecule has 4 atom stereocenters. The van der Waals surface area contributed by atoms with Crippen molar-refractivity contribution in [3.63, 3.8) is 0 Å². The van der Waals surface area contributed by atoms with E-state index in [4.69, 9.17) is 4.74 Å². The Morgan fingerprint density at radius 3 is 1.28 bits per heavy atom. The van der Waals surface area contributed by atoms with Crippen LogP contribution in [0.2, 0.25) is 0 Å². The third kappa shape index (κ3) is 9.15. The van der Waals surface area contributed by atoms with Gasteiger partial charge in [0.05, 0.1) is 0 Å². The summed E-state index contributed by atoms with van der Waals surface area (Å²) in [6.45, 7) is 10.3. The molecule has 0 aromatic carbocycles. The maximum atomic E-state index is 13.1. The Bertz CT molecular complexity index is 369. The SMILES string of the molecule is C=C(OC(=C)C(CCC)OC(F)C(F)F)C(CCC)OC(F)C(F)F. The highest BCUT2D eigenvalue weighted by atomic mass is 19.3. The lowest BCUT2D eigenvalue weighted by atomic mass is 10.1. The standard InChI is InChI=1S/C16H24F6O3/c1-5-7-11(24-15(21)13(17)18)9(3)23-10(4)12(8-6-2)25-16(22)14(19)20/h11-16H,3-8H2,1-2H3. The van der Waals surface area contributed by atoms with Crippen molar-refractivity contribution >= 4 is 0 Å². The van der Waals surface area contributed by atoms with Crippen LogP contribution in [0.4, 0.5) is 26.3 Å². The zero-order chi connectivity index (χ0) is 19.6. The van der Waals surface area contributed by atoms with Crippen LogP contribution in [0, 0.1) is 0 Å². The highest BCUT2D eigenvalue weighted by Crippen LogP contribution is 2.25. The minimum Gasteiger partial charge on any atom is -0.462 e. The smallest absolute Gasteiger partial charge is 0.293 e. The zero-order valence-corrected chi connectivity index (χ0v) is 14.2. The summed E-state index contributed by atoms with van der Waals surface area (Å²) in [4.78, 5) is 0.